The minimum absolute atomic E-state index is 0.0149. The van der Waals surface area contributed by atoms with Crippen LogP contribution in [0.5, 0.6) is 0 Å². The summed E-state index contributed by atoms with van der Waals surface area (Å²) < 4.78 is 0. The normalized spacial score (nSPS) is 16.7. The summed E-state index contributed by atoms with van der Waals surface area (Å²) in [6.07, 6.45) is 4.93. The van der Waals surface area contributed by atoms with Crippen LogP contribution >= 0.6 is 11.3 Å². The molecule has 0 unspecified atom stereocenters. The first-order chi connectivity index (χ1) is 19.0. The largest absolute Gasteiger partial charge is 0.347 e. The van der Waals surface area contributed by atoms with Crippen LogP contribution < -0.4 is 20.9 Å². The number of anilines is 3. The van der Waals surface area contributed by atoms with Gasteiger partial charge in [0.05, 0.1) is 34.7 Å². The zero-order valence-corrected chi connectivity index (χ0v) is 22.1. The fourth-order valence-electron chi connectivity index (χ4n) is 5.16. The van der Waals surface area contributed by atoms with E-state index >= 15 is 0 Å². The summed E-state index contributed by atoms with van der Waals surface area (Å²) in [5, 5.41) is 9.64. The van der Waals surface area contributed by atoms with Gasteiger partial charge in [0.15, 0.2) is 0 Å². The Labute approximate surface area is 229 Å². The fourth-order valence-corrected chi connectivity index (χ4v) is 6.18. The number of pyridine rings is 2. The van der Waals surface area contributed by atoms with Gasteiger partial charge in [-0.05, 0) is 38.1 Å². The van der Waals surface area contributed by atoms with Crippen molar-refractivity contribution in [2.45, 2.75) is 18.9 Å². The Bertz CT molecular complexity index is 1570. The van der Waals surface area contributed by atoms with Crippen molar-refractivity contribution in [3.05, 3.63) is 65.8 Å². The number of benzene rings is 1. The number of carbonyl (C=O) groups is 3. The van der Waals surface area contributed by atoms with E-state index in [0.29, 0.717) is 39.9 Å². The van der Waals surface area contributed by atoms with Crippen LogP contribution in [-0.4, -0.2) is 65.4 Å². The van der Waals surface area contributed by atoms with Crippen LogP contribution in [0.25, 0.3) is 21.5 Å². The van der Waals surface area contributed by atoms with Gasteiger partial charge in [-0.2, -0.15) is 0 Å². The van der Waals surface area contributed by atoms with Crippen molar-refractivity contribution in [3.63, 3.8) is 0 Å². The highest BCUT2D eigenvalue weighted by Gasteiger charge is 2.34. The minimum Gasteiger partial charge on any atom is -0.347 e. The lowest BCUT2D eigenvalue weighted by atomic mass is 10.1. The van der Waals surface area contributed by atoms with E-state index in [1.54, 1.807) is 41.4 Å². The highest BCUT2D eigenvalue weighted by molar-refractivity contribution is 7.21. The Morgan fingerprint density at radius 2 is 1.95 bits per heavy atom. The Hall–Kier alpha value is -4.35. The summed E-state index contributed by atoms with van der Waals surface area (Å²) >= 11 is 1.25. The molecule has 0 radical (unpaired) electrons. The minimum atomic E-state index is -0.367. The summed E-state index contributed by atoms with van der Waals surface area (Å²) in [4.78, 5) is 52.7. The number of likely N-dealkylation sites (tertiary alicyclic amines) is 1. The van der Waals surface area contributed by atoms with Crippen molar-refractivity contribution in [2.75, 3.05) is 36.9 Å². The highest BCUT2D eigenvalue weighted by Crippen LogP contribution is 2.45. The molecule has 4 aromatic rings. The second-order valence-electron chi connectivity index (χ2n) is 9.53. The van der Waals surface area contributed by atoms with E-state index in [1.165, 1.54) is 11.3 Å². The summed E-state index contributed by atoms with van der Waals surface area (Å²) in [5.74, 6) is -0.267. The zero-order valence-electron chi connectivity index (χ0n) is 21.3. The van der Waals surface area contributed by atoms with E-state index in [-0.39, 0.29) is 30.4 Å². The van der Waals surface area contributed by atoms with Crippen LogP contribution in [0.4, 0.5) is 21.9 Å². The van der Waals surface area contributed by atoms with E-state index in [4.69, 9.17) is 0 Å². The van der Waals surface area contributed by atoms with Gasteiger partial charge >= 0.3 is 6.03 Å². The van der Waals surface area contributed by atoms with Gasteiger partial charge in [-0.15, -0.1) is 11.3 Å². The summed E-state index contributed by atoms with van der Waals surface area (Å²) in [6.45, 7) is 1.41. The highest BCUT2D eigenvalue weighted by atomic mass is 32.1. The lowest BCUT2D eigenvalue weighted by Gasteiger charge is -2.33. The average molecular weight is 542 g/mol. The van der Waals surface area contributed by atoms with Crippen LogP contribution in [0.3, 0.4) is 0 Å². The van der Waals surface area contributed by atoms with Crippen LogP contribution in [0.15, 0.2) is 60.9 Å². The first-order valence-electron chi connectivity index (χ1n) is 12.8. The van der Waals surface area contributed by atoms with E-state index in [0.717, 1.165) is 29.5 Å². The maximum atomic E-state index is 13.5. The molecule has 11 heteroatoms. The topological polar surface area (TPSA) is 120 Å². The number of hydrogen-bond acceptors (Lipinski definition) is 7. The van der Waals surface area contributed by atoms with Crippen molar-refractivity contribution in [2.24, 2.45) is 0 Å². The molecule has 0 bridgehead atoms. The maximum absolute atomic E-state index is 13.5. The third kappa shape index (κ3) is 4.70. The molecule has 6 rings (SSSR count). The predicted molar refractivity (Wildman–Crippen MR) is 151 cm³/mol. The van der Waals surface area contributed by atoms with Crippen molar-refractivity contribution in [3.8, 4) is 11.3 Å². The zero-order chi connectivity index (χ0) is 26.9. The smallest absolute Gasteiger partial charge is 0.331 e. The second-order valence-corrected chi connectivity index (χ2v) is 10.5. The number of carbonyl (C=O) groups excluding carboxylic acids is 3. The van der Waals surface area contributed by atoms with Gasteiger partial charge in [0.1, 0.15) is 9.71 Å². The number of hydrogen-bond donors (Lipinski definition) is 3. The summed E-state index contributed by atoms with van der Waals surface area (Å²) in [7, 11) is 1.74. The van der Waals surface area contributed by atoms with Crippen LogP contribution in [0.1, 0.15) is 22.5 Å². The van der Waals surface area contributed by atoms with E-state index in [1.807, 2.05) is 36.4 Å². The molecular weight excluding hydrogens is 514 g/mol. The van der Waals surface area contributed by atoms with Crippen molar-refractivity contribution in [1.29, 1.82) is 0 Å². The molecule has 3 N–H and O–H groups in total. The lowest BCUT2D eigenvalue weighted by molar-refractivity contribution is -0.131. The van der Waals surface area contributed by atoms with Gasteiger partial charge in [-0.25, -0.2) is 9.78 Å². The molecule has 1 fully saturated rings. The summed E-state index contributed by atoms with van der Waals surface area (Å²) in [6, 6.07) is 14.7. The molecule has 198 valence electrons. The first-order valence-corrected chi connectivity index (χ1v) is 13.6. The molecule has 1 saturated heterocycles. The number of likely N-dealkylation sites (N-methyl/N-ethyl adjacent to an activating group) is 1. The number of thiophene rings is 1. The molecule has 39 heavy (non-hydrogen) atoms. The van der Waals surface area contributed by atoms with E-state index < -0.39 is 0 Å². The molecule has 0 aliphatic carbocycles. The maximum Gasteiger partial charge on any atom is 0.331 e. The SMILES string of the molecule is CNCC(=O)N1CCC[C@@H](NC(=O)c2sc3nccc4c3c2NC(=O)N4c2ccnc(-c3ccccc3)c2)C1. The Morgan fingerprint density at radius 3 is 2.77 bits per heavy atom. The Balaban J connectivity index is 1.30. The third-order valence-electron chi connectivity index (χ3n) is 6.96. The molecule has 0 spiro atoms. The van der Waals surface area contributed by atoms with Gasteiger partial charge in [0.2, 0.25) is 5.91 Å². The molecular formula is C28H27N7O3S. The molecule has 2 aliphatic rings. The van der Waals surface area contributed by atoms with Crippen LogP contribution in [-0.2, 0) is 4.79 Å². The first kappa shape index (κ1) is 25.0. The molecule has 4 amide bonds. The molecule has 2 aliphatic heterocycles. The van der Waals surface area contributed by atoms with Crippen molar-refractivity contribution in [1.82, 2.24) is 25.5 Å². The number of rotatable bonds is 6. The van der Waals surface area contributed by atoms with Gasteiger partial charge < -0.3 is 20.9 Å². The monoisotopic (exact) mass is 541 g/mol. The number of amides is 4. The average Bonchev–Trinajstić information content (AvgIpc) is 3.33. The molecule has 3 aromatic heterocycles. The standard InChI is InChI=1S/C28H27N7O3S/c1-29-15-22(36)34-13-5-8-18(16-34)32-26(37)25-24-23-21(10-12-31-27(23)39-25)35(28(38)33-24)19-9-11-30-20(14-19)17-6-3-2-4-7-17/h2-4,6-7,9-12,14,18,29H,5,8,13,15-16H2,1H3,(H,32,37)(H,33,38)/t18-/m1/s1. The predicted octanol–water partition coefficient (Wildman–Crippen LogP) is 3.98. The van der Waals surface area contributed by atoms with E-state index in [2.05, 4.69) is 25.9 Å². The Morgan fingerprint density at radius 1 is 1.13 bits per heavy atom. The fraction of sp³-hybridized carbons (Fsp3) is 0.250. The van der Waals surface area contributed by atoms with Gasteiger partial charge in [0.25, 0.3) is 5.91 Å². The molecule has 1 aromatic carbocycles. The van der Waals surface area contributed by atoms with Gasteiger partial charge in [0, 0.05) is 37.1 Å². The second kappa shape index (κ2) is 10.4. The molecule has 10 nitrogen and oxygen atoms in total. The number of nitrogens with zero attached hydrogens (tertiary/aromatic N) is 4. The van der Waals surface area contributed by atoms with Gasteiger partial charge in [-0.1, -0.05) is 30.3 Å². The Kier molecular flexibility index (Phi) is 6.67. The van der Waals surface area contributed by atoms with Crippen LogP contribution in [0, 0.1) is 0 Å². The lowest BCUT2D eigenvalue weighted by Crippen LogP contribution is -2.51. The van der Waals surface area contributed by atoms with Gasteiger partial charge in [-0.3, -0.25) is 19.5 Å². The number of aromatic nitrogens is 2. The van der Waals surface area contributed by atoms with E-state index in [9.17, 15) is 14.4 Å². The number of nitrogens with one attached hydrogen (secondary N) is 3. The number of urea groups is 1. The third-order valence-corrected chi connectivity index (χ3v) is 8.06. The molecule has 0 saturated carbocycles. The number of piperidine rings is 1. The molecule has 1 atom stereocenters. The van der Waals surface area contributed by atoms with Crippen molar-refractivity contribution >= 4 is 56.5 Å². The van der Waals surface area contributed by atoms with Crippen molar-refractivity contribution < 1.29 is 14.4 Å². The van der Waals surface area contributed by atoms with Crippen LogP contribution in [0.2, 0.25) is 0 Å². The summed E-state index contributed by atoms with van der Waals surface area (Å²) in [5.41, 5.74) is 3.47. The quantitative estimate of drug-likeness (QED) is 0.340. The molecule has 5 heterocycles.